The lowest BCUT2D eigenvalue weighted by molar-refractivity contribution is -0.145. The first-order chi connectivity index (χ1) is 6.11. The number of carbonyl (C=O) groups is 1. The van der Waals surface area contributed by atoms with E-state index in [2.05, 4.69) is 13.8 Å². The fraction of sp³-hybridized carbons (Fsp3) is 0.909. The Labute approximate surface area is 80.3 Å². The summed E-state index contributed by atoms with van der Waals surface area (Å²) >= 11 is 0. The van der Waals surface area contributed by atoms with Crippen LogP contribution in [0.5, 0.6) is 0 Å². The molecule has 0 amide bonds. The third-order valence-electron chi connectivity index (χ3n) is 3.09. The summed E-state index contributed by atoms with van der Waals surface area (Å²) in [6.07, 6.45) is 5.42. The summed E-state index contributed by atoms with van der Waals surface area (Å²) < 4.78 is 0. The van der Waals surface area contributed by atoms with Gasteiger partial charge in [-0.1, -0.05) is 26.7 Å². The molecule has 1 fully saturated rings. The second-order valence-corrected chi connectivity index (χ2v) is 4.61. The van der Waals surface area contributed by atoms with Crippen LogP contribution in [0.25, 0.3) is 0 Å². The second-order valence-electron chi connectivity index (χ2n) is 4.61. The minimum Gasteiger partial charge on any atom is -0.481 e. The molecule has 0 aromatic carbocycles. The molecule has 1 atom stereocenters. The number of hydrogen-bond acceptors (Lipinski definition) is 1. The van der Waals surface area contributed by atoms with Crippen molar-refractivity contribution in [1.82, 2.24) is 0 Å². The van der Waals surface area contributed by atoms with E-state index in [1.807, 2.05) is 0 Å². The highest BCUT2D eigenvalue weighted by Gasteiger charge is 2.31. The topological polar surface area (TPSA) is 37.3 Å². The Morgan fingerprint density at radius 3 is 2.31 bits per heavy atom. The maximum Gasteiger partial charge on any atom is 0.306 e. The van der Waals surface area contributed by atoms with E-state index >= 15 is 0 Å². The van der Waals surface area contributed by atoms with Gasteiger partial charge >= 0.3 is 5.97 Å². The molecule has 0 aromatic rings. The van der Waals surface area contributed by atoms with Crippen molar-refractivity contribution in [3.8, 4) is 0 Å². The molecule has 0 aliphatic heterocycles. The minimum atomic E-state index is -0.578. The molecular formula is C11H20O2. The van der Waals surface area contributed by atoms with Crippen LogP contribution < -0.4 is 0 Å². The van der Waals surface area contributed by atoms with Crippen molar-refractivity contribution in [2.75, 3.05) is 0 Å². The Bertz CT molecular complexity index is 171. The van der Waals surface area contributed by atoms with Gasteiger partial charge in [-0.05, 0) is 31.1 Å². The van der Waals surface area contributed by atoms with Crippen LogP contribution in [-0.4, -0.2) is 11.1 Å². The van der Waals surface area contributed by atoms with Crippen molar-refractivity contribution in [3.63, 3.8) is 0 Å². The smallest absolute Gasteiger partial charge is 0.306 e. The largest absolute Gasteiger partial charge is 0.481 e. The molecule has 1 saturated carbocycles. The maximum absolute atomic E-state index is 10.9. The molecule has 0 aromatic heterocycles. The zero-order chi connectivity index (χ0) is 9.84. The summed E-state index contributed by atoms with van der Waals surface area (Å²) in [5.41, 5.74) is 0. The number of hydrogen-bond donors (Lipinski definition) is 1. The Morgan fingerprint density at radius 1 is 1.38 bits per heavy atom. The Morgan fingerprint density at radius 2 is 2.00 bits per heavy atom. The van der Waals surface area contributed by atoms with Gasteiger partial charge in [-0.15, -0.1) is 0 Å². The summed E-state index contributed by atoms with van der Waals surface area (Å²) in [4.78, 5) is 10.9. The molecule has 0 heterocycles. The van der Waals surface area contributed by atoms with Crippen LogP contribution in [-0.2, 0) is 4.79 Å². The zero-order valence-corrected chi connectivity index (χ0v) is 8.62. The van der Waals surface area contributed by atoms with E-state index in [1.165, 1.54) is 6.42 Å². The summed E-state index contributed by atoms with van der Waals surface area (Å²) in [5, 5.41) is 9.02. The highest BCUT2D eigenvalue weighted by atomic mass is 16.4. The van der Waals surface area contributed by atoms with Gasteiger partial charge in [0.15, 0.2) is 0 Å². The second kappa shape index (κ2) is 4.64. The molecule has 0 unspecified atom stereocenters. The summed E-state index contributed by atoms with van der Waals surface area (Å²) in [6.45, 7) is 4.30. The van der Waals surface area contributed by atoms with E-state index in [-0.39, 0.29) is 5.92 Å². The third-order valence-corrected chi connectivity index (χ3v) is 3.09. The molecule has 0 saturated heterocycles. The molecule has 1 aliphatic carbocycles. The first-order valence-corrected chi connectivity index (χ1v) is 5.34. The zero-order valence-electron chi connectivity index (χ0n) is 8.62. The first-order valence-electron chi connectivity index (χ1n) is 5.34. The van der Waals surface area contributed by atoms with Gasteiger partial charge in [-0.3, -0.25) is 4.79 Å². The fourth-order valence-electron chi connectivity index (χ4n) is 1.92. The maximum atomic E-state index is 10.9. The average Bonchev–Trinajstić information content (AvgIpc) is 1.92. The number of carboxylic acids is 1. The van der Waals surface area contributed by atoms with Crippen LogP contribution in [0.3, 0.4) is 0 Å². The van der Waals surface area contributed by atoms with Crippen molar-refractivity contribution < 1.29 is 9.90 Å². The van der Waals surface area contributed by atoms with Crippen LogP contribution >= 0.6 is 0 Å². The first kappa shape index (κ1) is 10.6. The van der Waals surface area contributed by atoms with Gasteiger partial charge in [0.25, 0.3) is 0 Å². The molecule has 0 bridgehead atoms. The molecule has 76 valence electrons. The molecule has 2 nitrogen and oxygen atoms in total. The SMILES string of the molecule is CC(C)CC[C@H](C(=O)O)C1CCC1. The van der Waals surface area contributed by atoms with Gasteiger partial charge < -0.3 is 5.11 Å². The van der Waals surface area contributed by atoms with Crippen molar-refractivity contribution in [3.05, 3.63) is 0 Å². The molecule has 1 N–H and O–H groups in total. The highest BCUT2D eigenvalue weighted by Crippen LogP contribution is 2.36. The predicted molar refractivity (Wildman–Crippen MR) is 52.5 cm³/mol. The molecule has 0 spiro atoms. The lowest BCUT2D eigenvalue weighted by Crippen LogP contribution is -2.28. The lowest BCUT2D eigenvalue weighted by atomic mass is 9.73. The Kier molecular flexibility index (Phi) is 3.76. The number of carboxylic acid groups (broad SMARTS) is 1. The van der Waals surface area contributed by atoms with Crippen LogP contribution in [0.2, 0.25) is 0 Å². The highest BCUT2D eigenvalue weighted by molar-refractivity contribution is 5.70. The number of aliphatic carboxylic acids is 1. The van der Waals surface area contributed by atoms with Crippen molar-refractivity contribution in [1.29, 1.82) is 0 Å². The van der Waals surface area contributed by atoms with E-state index in [0.29, 0.717) is 11.8 Å². The van der Waals surface area contributed by atoms with Gasteiger partial charge in [-0.2, -0.15) is 0 Å². The van der Waals surface area contributed by atoms with Gasteiger partial charge in [-0.25, -0.2) is 0 Å². The average molecular weight is 184 g/mol. The van der Waals surface area contributed by atoms with Gasteiger partial charge in [0.1, 0.15) is 0 Å². The van der Waals surface area contributed by atoms with Crippen molar-refractivity contribution >= 4 is 5.97 Å². The van der Waals surface area contributed by atoms with E-state index in [4.69, 9.17) is 5.11 Å². The normalized spacial score (nSPS) is 19.9. The van der Waals surface area contributed by atoms with Crippen LogP contribution in [0.4, 0.5) is 0 Å². The van der Waals surface area contributed by atoms with Gasteiger partial charge in [0, 0.05) is 0 Å². The summed E-state index contributed by atoms with van der Waals surface area (Å²) in [6, 6.07) is 0. The Balaban J connectivity index is 2.33. The lowest BCUT2D eigenvalue weighted by Gasteiger charge is -2.31. The van der Waals surface area contributed by atoms with E-state index in [9.17, 15) is 4.79 Å². The van der Waals surface area contributed by atoms with Gasteiger partial charge in [0.05, 0.1) is 5.92 Å². The summed E-state index contributed by atoms with van der Waals surface area (Å²) in [7, 11) is 0. The van der Waals surface area contributed by atoms with Crippen molar-refractivity contribution in [2.24, 2.45) is 17.8 Å². The van der Waals surface area contributed by atoms with Crippen molar-refractivity contribution in [2.45, 2.75) is 46.0 Å². The van der Waals surface area contributed by atoms with Gasteiger partial charge in [0.2, 0.25) is 0 Å². The molecule has 0 radical (unpaired) electrons. The molecule has 13 heavy (non-hydrogen) atoms. The monoisotopic (exact) mass is 184 g/mol. The Hall–Kier alpha value is -0.530. The molecular weight excluding hydrogens is 164 g/mol. The molecule has 2 heteroatoms. The molecule has 1 rings (SSSR count). The van der Waals surface area contributed by atoms with Crippen LogP contribution in [0.1, 0.15) is 46.0 Å². The van der Waals surface area contributed by atoms with Crippen LogP contribution in [0, 0.1) is 17.8 Å². The number of rotatable bonds is 5. The molecule has 1 aliphatic rings. The quantitative estimate of drug-likeness (QED) is 0.713. The summed E-state index contributed by atoms with van der Waals surface area (Å²) in [5.74, 6) is 0.472. The van der Waals surface area contributed by atoms with Crippen LogP contribution in [0.15, 0.2) is 0 Å². The third kappa shape index (κ3) is 3.02. The van der Waals surface area contributed by atoms with E-state index in [1.54, 1.807) is 0 Å². The van der Waals surface area contributed by atoms with E-state index < -0.39 is 5.97 Å². The minimum absolute atomic E-state index is 0.0591. The predicted octanol–water partition coefficient (Wildman–Crippen LogP) is 2.92. The fourth-order valence-corrected chi connectivity index (χ4v) is 1.92. The standard InChI is InChI=1S/C11H20O2/c1-8(2)6-7-10(11(12)13)9-4-3-5-9/h8-10H,3-7H2,1-2H3,(H,12,13)/t10-/m0/s1. The van der Waals surface area contributed by atoms with E-state index in [0.717, 1.165) is 25.7 Å².